The van der Waals surface area contributed by atoms with Crippen LogP contribution in [0.3, 0.4) is 0 Å². The van der Waals surface area contributed by atoms with Crippen LogP contribution in [-0.4, -0.2) is 4.98 Å². The van der Waals surface area contributed by atoms with Crippen molar-refractivity contribution in [1.29, 1.82) is 0 Å². The fourth-order valence-electron chi connectivity index (χ4n) is 0.776. The summed E-state index contributed by atoms with van der Waals surface area (Å²) in [7, 11) is 0. The summed E-state index contributed by atoms with van der Waals surface area (Å²) in [6.07, 6.45) is 0. The van der Waals surface area contributed by atoms with Crippen LogP contribution in [-0.2, 0) is 0 Å². The average molecular weight is 234 g/mol. The highest BCUT2D eigenvalue weighted by atomic mass is 79.9. The number of halogens is 2. The Balaban J connectivity index is 0.000000561. The molecule has 0 amide bonds. The van der Waals surface area contributed by atoms with Crippen molar-refractivity contribution in [3.05, 3.63) is 27.7 Å². The van der Waals surface area contributed by atoms with Gasteiger partial charge < -0.3 is 0 Å². The molecule has 0 bridgehead atoms. The quantitative estimate of drug-likeness (QED) is 0.624. The molecule has 0 radical (unpaired) electrons. The topological polar surface area (TPSA) is 12.9 Å². The van der Waals surface area contributed by atoms with Gasteiger partial charge in [-0.1, -0.05) is 13.8 Å². The summed E-state index contributed by atoms with van der Waals surface area (Å²) in [5, 5.41) is 0. The number of nitrogens with zero attached hydrogens (tertiary/aromatic N) is 1. The molecule has 1 aromatic rings. The van der Waals surface area contributed by atoms with Crippen LogP contribution in [0.15, 0.2) is 10.7 Å². The van der Waals surface area contributed by atoms with E-state index in [1.165, 1.54) is 0 Å². The van der Waals surface area contributed by atoms with Crippen LogP contribution in [0.1, 0.15) is 25.1 Å². The van der Waals surface area contributed by atoms with Gasteiger partial charge in [-0.05, 0) is 41.4 Å². The second-order valence-electron chi connectivity index (χ2n) is 2.19. The Kier molecular flexibility index (Phi) is 5.06. The third-order valence-electron chi connectivity index (χ3n) is 1.23. The number of rotatable bonds is 0. The van der Waals surface area contributed by atoms with Gasteiger partial charge in [0.2, 0.25) is 0 Å². The van der Waals surface area contributed by atoms with E-state index in [0.29, 0.717) is 10.2 Å². The smallest absolute Gasteiger partial charge is 0.158 e. The minimum Gasteiger partial charge on any atom is -0.243 e. The molecular weight excluding hydrogens is 221 g/mol. The molecule has 0 spiro atoms. The van der Waals surface area contributed by atoms with E-state index in [4.69, 9.17) is 0 Å². The van der Waals surface area contributed by atoms with Crippen LogP contribution in [0.25, 0.3) is 0 Å². The second-order valence-corrected chi connectivity index (χ2v) is 2.94. The fourth-order valence-corrected chi connectivity index (χ4v) is 1.37. The molecular formula is C9H13BrFN. The molecule has 0 atom stereocenters. The first-order valence-electron chi connectivity index (χ1n) is 3.90. The minimum atomic E-state index is -0.273. The van der Waals surface area contributed by atoms with E-state index >= 15 is 0 Å². The maximum Gasteiger partial charge on any atom is 0.158 e. The molecule has 68 valence electrons. The summed E-state index contributed by atoms with van der Waals surface area (Å²) < 4.78 is 13.1. The average Bonchev–Trinajstić information content (AvgIpc) is 2.04. The molecule has 0 aliphatic rings. The molecule has 0 saturated carbocycles. The van der Waals surface area contributed by atoms with Gasteiger partial charge in [0.15, 0.2) is 5.82 Å². The van der Waals surface area contributed by atoms with Gasteiger partial charge in [-0.2, -0.15) is 0 Å². The Morgan fingerprint density at radius 3 is 2.25 bits per heavy atom. The van der Waals surface area contributed by atoms with E-state index in [2.05, 4.69) is 20.9 Å². The Labute approximate surface area is 81.1 Å². The molecule has 0 aliphatic carbocycles. The Morgan fingerprint density at radius 1 is 1.33 bits per heavy atom. The maximum atomic E-state index is 12.8. The summed E-state index contributed by atoms with van der Waals surface area (Å²) in [6, 6.07) is 1.71. The molecule has 1 nitrogen and oxygen atoms in total. The largest absolute Gasteiger partial charge is 0.243 e. The molecule has 12 heavy (non-hydrogen) atoms. The van der Waals surface area contributed by atoms with Gasteiger partial charge in [0.25, 0.3) is 0 Å². The van der Waals surface area contributed by atoms with Crippen LogP contribution < -0.4 is 0 Å². The normalized spacial score (nSPS) is 8.83. The molecule has 0 N–H and O–H groups in total. The lowest BCUT2D eigenvalue weighted by atomic mass is 10.2. The van der Waals surface area contributed by atoms with Crippen molar-refractivity contribution in [2.45, 2.75) is 27.7 Å². The molecule has 3 heteroatoms. The minimum absolute atomic E-state index is 0.273. The fraction of sp³-hybridized carbons (Fsp3) is 0.444. The number of hydrogen-bond donors (Lipinski definition) is 0. The van der Waals surface area contributed by atoms with Crippen molar-refractivity contribution >= 4 is 15.9 Å². The van der Waals surface area contributed by atoms with Crippen LogP contribution in [0, 0.1) is 19.7 Å². The molecule has 1 aromatic heterocycles. The second kappa shape index (κ2) is 5.25. The number of hydrogen-bond acceptors (Lipinski definition) is 1. The first-order chi connectivity index (χ1) is 5.61. The van der Waals surface area contributed by atoms with Crippen LogP contribution >= 0.6 is 15.9 Å². The Morgan fingerprint density at radius 2 is 1.83 bits per heavy atom. The van der Waals surface area contributed by atoms with Crippen LogP contribution in [0.5, 0.6) is 0 Å². The lowest BCUT2D eigenvalue weighted by molar-refractivity contribution is 0.602. The highest BCUT2D eigenvalue weighted by Gasteiger charge is 2.03. The number of pyridine rings is 1. The van der Waals surface area contributed by atoms with Crippen molar-refractivity contribution in [3.63, 3.8) is 0 Å². The standard InChI is InChI=1S/C7H7BrFN.C2H6/c1-4-3-5(2)10-7(8)6(4)9;1-2/h3H,1-2H3;1-2H3. The highest BCUT2D eigenvalue weighted by molar-refractivity contribution is 9.10. The Bertz CT molecular complexity index is 238. The first-order valence-corrected chi connectivity index (χ1v) is 4.70. The monoisotopic (exact) mass is 233 g/mol. The SMILES string of the molecule is CC.Cc1cc(C)c(F)c(Br)n1. The summed E-state index contributed by atoms with van der Waals surface area (Å²) in [6.45, 7) is 7.55. The zero-order chi connectivity index (χ0) is 9.72. The summed E-state index contributed by atoms with van der Waals surface area (Å²) in [5.41, 5.74) is 1.45. The first kappa shape index (κ1) is 11.6. The van der Waals surface area contributed by atoms with Gasteiger partial charge in [-0.3, -0.25) is 0 Å². The van der Waals surface area contributed by atoms with E-state index in [1.54, 1.807) is 13.0 Å². The highest BCUT2D eigenvalue weighted by Crippen LogP contribution is 2.16. The predicted octanol–water partition coefficient (Wildman–Crippen LogP) is 3.63. The van der Waals surface area contributed by atoms with Crippen molar-refractivity contribution in [2.24, 2.45) is 0 Å². The molecule has 1 heterocycles. The lowest BCUT2D eigenvalue weighted by Gasteiger charge is -1.98. The summed E-state index contributed by atoms with van der Waals surface area (Å²) >= 11 is 3.01. The third kappa shape index (κ3) is 2.89. The number of aryl methyl sites for hydroxylation is 2. The predicted molar refractivity (Wildman–Crippen MR) is 52.7 cm³/mol. The van der Waals surface area contributed by atoms with Crippen molar-refractivity contribution in [3.8, 4) is 0 Å². The lowest BCUT2D eigenvalue weighted by Crippen LogP contribution is -1.90. The molecule has 0 fully saturated rings. The van der Waals surface area contributed by atoms with Gasteiger partial charge in [-0.15, -0.1) is 0 Å². The van der Waals surface area contributed by atoms with Crippen molar-refractivity contribution in [1.82, 2.24) is 4.98 Å². The number of aromatic nitrogens is 1. The molecule has 0 unspecified atom stereocenters. The van der Waals surface area contributed by atoms with Crippen LogP contribution in [0.2, 0.25) is 0 Å². The van der Waals surface area contributed by atoms with Crippen molar-refractivity contribution in [2.75, 3.05) is 0 Å². The van der Waals surface area contributed by atoms with E-state index in [1.807, 2.05) is 20.8 Å². The van der Waals surface area contributed by atoms with E-state index in [0.717, 1.165) is 5.69 Å². The van der Waals surface area contributed by atoms with Gasteiger partial charge in [0, 0.05) is 5.69 Å². The van der Waals surface area contributed by atoms with Gasteiger partial charge in [-0.25, -0.2) is 9.37 Å². The maximum absolute atomic E-state index is 12.8. The van der Waals surface area contributed by atoms with Gasteiger partial charge >= 0.3 is 0 Å². The third-order valence-corrected chi connectivity index (χ3v) is 1.75. The van der Waals surface area contributed by atoms with Gasteiger partial charge in [0.05, 0.1) is 0 Å². The zero-order valence-electron chi connectivity index (χ0n) is 7.78. The zero-order valence-corrected chi connectivity index (χ0v) is 9.37. The summed E-state index contributed by atoms with van der Waals surface area (Å²) in [5.74, 6) is -0.273. The van der Waals surface area contributed by atoms with E-state index in [-0.39, 0.29) is 5.82 Å². The molecule has 0 saturated heterocycles. The Hall–Kier alpha value is -0.440. The molecule has 1 rings (SSSR count). The molecule has 0 aromatic carbocycles. The van der Waals surface area contributed by atoms with Crippen molar-refractivity contribution < 1.29 is 4.39 Å². The summed E-state index contributed by atoms with van der Waals surface area (Å²) in [4.78, 5) is 3.88. The van der Waals surface area contributed by atoms with Gasteiger partial charge in [0.1, 0.15) is 4.60 Å². The van der Waals surface area contributed by atoms with Crippen LogP contribution in [0.4, 0.5) is 4.39 Å². The molecule has 0 aliphatic heterocycles. The van der Waals surface area contributed by atoms with E-state index in [9.17, 15) is 4.39 Å². The van der Waals surface area contributed by atoms with E-state index < -0.39 is 0 Å².